The number of hydrogen-bond donors (Lipinski definition) is 1. The van der Waals surface area contributed by atoms with Crippen LogP contribution in [-0.2, 0) is 9.53 Å². The second-order valence-corrected chi connectivity index (χ2v) is 5.12. The number of likely N-dealkylation sites (tertiary alicyclic amines) is 1. The van der Waals surface area contributed by atoms with Gasteiger partial charge in [-0.2, -0.15) is 0 Å². The van der Waals surface area contributed by atoms with E-state index in [0.717, 1.165) is 19.5 Å². The van der Waals surface area contributed by atoms with Crippen LogP contribution in [0, 0.1) is 5.92 Å². The third kappa shape index (κ3) is 4.64. The lowest BCUT2D eigenvalue weighted by atomic mass is 9.90. The third-order valence-corrected chi connectivity index (χ3v) is 3.65. The Hall–Kier alpha value is -0.610. The molecule has 0 aromatic carbocycles. The van der Waals surface area contributed by atoms with Crippen molar-refractivity contribution in [3.8, 4) is 0 Å². The largest absolute Gasteiger partial charge is 0.466 e. The van der Waals surface area contributed by atoms with Crippen molar-refractivity contribution in [3.05, 3.63) is 0 Å². The Morgan fingerprint density at radius 2 is 2.18 bits per heavy atom. The van der Waals surface area contributed by atoms with Gasteiger partial charge in [0.15, 0.2) is 0 Å². The molecule has 0 radical (unpaired) electrons. The molecule has 0 bridgehead atoms. The zero-order valence-electron chi connectivity index (χ0n) is 11.5. The molecular formula is C13H26N2O2. The zero-order chi connectivity index (χ0) is 12.8. The number of nitrogens with one attached hydrogen (secondary N) is 1. The van der Waals surface area contributed by atoms with Gasteiger partial charge in [0, 0.05) is 25.2 Å². The molecule has 1 fully saturated rings. The van der Waals surface area contributed by atoms with E-state index in [0.29, 0.717) is 31.0 Å². The van der Waals surface area contributed by atoms with Crippen molar-refractivity contribution < 1.29 is 9.53 Å². The molecule has 0 saturated carbocycles. The maximum absolute atomic E-state index is 11.2. The predicted molar refractivity (Wildman–Crippen MR) is 68.9 cm³/mol. The van der Waals surface area contributed by atoms with Gasteiger partial charge in [0.05, 0.1) is 13.0 Å². The van der Waals surface area contributed by atoms with E-state index in [1.165, 1.54) is 0 Å². The summed E-state index contributed by atoms with van der Waals surface area (Å²) in [5.41, 5.74) is 0. The SMILES string of the molecule is CCOC(=O)CCNC1CC(C)N(C)CC1C. The Bertz CT molecular complexity index is 246. The molecule has 1 aliphatic rings. The number of hydrogen-bond acceptors (Lipinski definition) is 4. The smallest absolute Gasteiger partial charge is 0.307 e. The van der Waals surface area contributed by atoms with Crippen molar-refractivity contribution in [2.75, 3.05) is 26.7 Å². The van der Waals surface area contributed by atoms with Gasteiger partial charge in [-0.3, -0.25) is 4.79 Å². The summed E-state index contributed by atoms with van der Waals surface area (Å²) in [5.74, 6) is 0.534. The minimum atomic E-state index is -0.103. The minimum absolute atomic E-state index is 0.103. The summed E-state index contributed by atoms with van der Waals surface area (Å²) in [6, 6.07) is 1.14. The first kappa shape index (κ1) is 14.5. The molecule has 0 amide bonds. The molecule has 3 atom stereocenters. The summed E-state index contributed by atoms with van der Waals surface area (Å²) < 4.78 is 4.91. The lowest BCUT2D eigenvalue weighted by Crippen LogP contribution is -2.51. The molecule has 0 spiro atoms. The standard InChI is InChI=1S/C13H26N2O2/c1-5-17-13(16)6-7-14-12-8-11(3)15(4)9-10(12)2/h10-12,14H,5-9H2,1-4H3. The molecule has 0 aromatic rings. The second-order valence-electron chi connectivity index (χ2n) is 5.12. The van der Waals surface area contributed by atoms with Crippen LogP contribution in [0.15, 0.2) is 0 Å². The first-order valence-corrected chi connectivity index (χ1v) is 6.63. The Morgan fingerprint density at radius 1 is 1.47 bits per heavy atom. The van der Waals surface area contributed by atoms with E-state index in [4.69, 9.17) is 4.74 Å². The Morgan fingerprint density at radius 3 is 2.82 bits per heavy atom. The minimum Gasteiger partial charge on any atom is -0.466 e. The second kappa shape index (κ2) is 6.97. The maximum Gasteiger partial charge on any atom is 0.307 e. The molecule has 4 nitrogen and oxygen atoms in total. The average molecular weight is 242 g/mol. The lowest BCUT2D eigenvalue weighted by Gasteiger charge is -2.40. The molecule has 100 valence electrons. The van der Waals surface area contributed by atoms with E-state index in [2.05, 4.69) is 31.1 Å². The Labute approximate surface area is 105 Å². The van der Waals surface area contributed by atoms with Crippen LogP contribution in [0.4, 0.5) is 0 Å². The highest BCUT2D eigenvalue weighted by Gasteiger charge is 2.28. The number of esters is 1. The van der Waals surface area contributed by atoms with Gasteiger partial charge in [-0.15, -0.1) is 0 Å². The highest BCUT2D eigenvalue weighted by atomic mass is 16.5. The zero-order valence-corrected chi connectivity index (χ0v) is 11.5. The first-order chi connectivity index (χ1) is 8.04. The van der Waals surface area contributed by atoms with Crippen molar-refractivity contribution in [1.29, 1.82) is 0 Å². The first-order valence-electron chi connectivity index (χ1n) is 6.63. The van der Waals surface area contributed by atoms with Crippen LogP contribution in [0.2, 0.25) is 0 Å². The van der Waals surface area contributed by atoms with Crippen LogP contribution >= 0.6 is 0 Å². The number of nitrogens with zero attached hydrogens (tertiary/aromatic N) is 1. The van der Waals surface area contributed by atoms with Gasteiger partial charge in [0.2, 0.25) is 0 Å². The highest BCUT2D eigenvalue weighted by Crippen LogP contribution is 2.20. The quantitative estimate of drug-likeness (QED) is 0.737. The Balaban J connectivity index is 2.24. The molecule has 1 aliphatic heterocycles. The number of rotatable bonds is 5. The number of piperidine rings is 1. The number of ether oxygens (including phenoxy) is 1. The van der Waals surface area contributed by atoms with Gasteiger partial charge in [-0.1, -0.05) is 6.92 Å². The average Bonchev–Trinajstić information content (AvgIpc) is 2.26. The van der Waals surface area contributed by atoms with Crippen LogP contribution in [0.5, 0.6) is 0 Å². The molecule has 1 heterocycles. The summed E-state index contributed by atoms with van der Waals surface area (Å²) in [6.45, 7) is 8.69. The van der Waals surface area contributed by atoms with Crippen LogP contribution in [0.3, 0.4) is 0 Å². The molecule has 0 aromatic heterocycles. The van der Waals surface area contributed by atoms with Gasteiger partial charge in [0.25, 0.3) is 0 Å². The summed E-state index contributed by atoms with van der Waals surface area (Å²) in [6.07, 6.45) is 1.63. The van der Waals surface area contributed by atoms with Gasteiger partial charge >= 0.3 is 5.97 Å². The summed E-state index contributed by atoms with van der Waals surface area (Å²) in [5, 5.41) is 3.48. The predicted octanol–water partition coefficient (Wildman–Crippen LogP) is 1.26. The monoisotopic (exact) mass is 242 g/mol. The fourth-order valence-electron chi connectivity index (χ4n) is 2.42. The molecule has 3 unspecified atom stereocenters. The molecule has 17 heavy (non-hydrogen) atoms. The van der Waals surface area contributed by atoms with Crippen LogP contribution in [0.25, 0.3) is 0 Å². The van der Waals surface area contributed by atoms with Gasteiger partial charge in [-0.25, -0.2) is 0 Å². The molecule has 4 heteroatoms. The number of carbonyl (C=O) groups excluding carboxylic acids is 1. The van der Waals surface area contributed by atoms with Crippen LogP contribution < -0.4 is 5.32 Å². The summed E-state index contributed by atoms with van der Waals surface area (Å²) >= 11 is 0. The fourth-order valence-corrected chi connectivity index (χ4v) is 2.42. The Kier molecular flexibility index (Phi) is 5.92. The van der Waals surface area contributed by atoms with E-state index < -0.39 is 0 Å². The van der Waals surface area contributed by atoms with Crippen molar-refractivity contribution in [2.45, 2.75) is 45.7 Å². The molecule has 1 rings (SSSR count). The van der Waals surface area contributed by atoms with E-state index in [1.807, 2.05) is 6.92 Å². The summed E-state index contributed by atoms with van der Waals surface area (Å²) in [7, 11) is 2.18. The lowest BCUT2D eigenvalue weighted by molar-refractivity contribution is -0.143. The third-order valence-electron chi connectivity index (χ3n) is 3.65. The van der Waals surface area contributed by atoms with E-state index in [-0.39, 0.29) is 5.97 Å². The van der Waals surface area contributed by atoms with Gasteiger partial charge in [-0.05, 0) is 33.2 Å². The van der Waals surface area contributed by atoms with Gasteiger partial charge in [0.1, 0.15) is 0 Å². The highest BCUT2D eigenvalue weighted by molar-refractivity contribution is 5.69. The van der Waals surface area contributed by atoms with Crippen molar-refractivity contribution in [1.82, 2.24) is 10.2 Å². The molecule has 1 N–H and O–H groups in total. The van der Waals surface area contributed by atoms with Crippen molar-refractivity contribution in [2.24, 2.45) is 5.92 Å². The topological polar surface area (TPSA) is 41.6 Å². The van der Waals surface area contributed by atoms with E-state index in [1.54, 1.807) is 0 Å². The molecule has 0 aliphatic carbocycles. The fraction of sp³-hybridized carbons (Fsp3) is 0.923. The van der Waals surface area contributed by atoms with E-state index >= 15 is 0 Å². The van der Waals surface area contributed by atoms with Crippen LogP contribution in [0.1, 0.15) is 33.6 Å². The van der Waals surface area contributed by atoms with E-state index in [9.17, 15) is 4.79 Å². The van der Waals surface area contributed by atoms with Crippen LogP contribution in [-0.4, -0.2) is 49.7 Å². The normalized spacial score (nSPS) is 30.2. The summed E-state index contributed by atoms with van der Waals surface area (Å²) in [4.78, 5) is 13.6. The number of carbonyl (C=O) groups is 1. The van der Waals surface area contributed by atoms with Gasteiger partial charge < -0.3 is 15.0 Å². The molecular weight excluding hydrogens is 216 g/mol. The van der Waals surface area contributed by atoms with Crippen molar-refractivity contribution >= 4 is 5.97 Å². The maximum atomic E-state index is 11.2. The molecule has 1 saturated heterocycles. The van der Waals surface area contributed by atoms with Crippen molar-refractivity contribution in [3.63, 3.8) is 0 Å².